The molecule has 1 aromatic rings. The molecule has 0 spiro atoms. The number of nitrogens with one attached hydrogen (secondary N) is 1. The van der Waals surface area contributed by atoms with Crippen molar-refractivity contribution >= 4 is 5.97 Å². The molecule has 1 aliphatic heterocycles. The molecule has 0 amide bonds. The predicted molar refractivity (Wildman–Crippen MR) is 55.0 cm³/mol. The Balaban J connectivity index is 2.44. The van der Waals surface area contributed by atoms with Gasteiger partial charge >= 0.3 is 5.97 Å². The summed E-state index contributed by atoms with van der Waals surface area (Å²) in [5, 5.41) is 21.5. The first-order valence-electron chi connectivity index (χ1n) is 5.08. The fraction of sp³-hybridized carbons (Fsp3) is 0.364. The van der Waals surface area contributed by atoms with Crippen LogP contribution in [0.15, 0.2) is 12.1 Å². The van der Waals surface area contributed by atoms with Crippen molar-refractivity contribution in [2.24, 2.45) is 0 Å². The Bertz CT molecular complexity index is 427. The minimum Gasteiger partial charge on any atom is -0.508 e. The van der Waals surface area contributed by atoms with Crippen LogP contribution in [-0.2, 0) is 0 Å². The smallest absolute Gasteiger partial charge is 0.338 e. The normalized spacial score (nSPS) is 19.9. The second kappa shape index (κ2) is 4.09. The van der Waals surface area contributed by atoms with Gasteiger partial charge < -0.3 is 15.5 Å². The summed E-state index contributed by atoms with van der Waals surface area (Å²) >= 11 is 0. The Kier molecular flexibility index (Phi) is 2.78. The van der Waals surface area contributed by atoms with Gasteiger partial charge in [0, 0.05) is 17.7 Å². The maximum atomic E-state index is 13.2. The molecule has 0 saturated carbocycles. The topological polar surface area (TPSA) is 69.6 Å². The van der Waals surface area contributed by atoms with E-state index in [0.717, 1.165) is 25.5 Å². The number of halogens is 1. The van der Waals surface area contributed by atoms with Crippen molar-refractivity contribution in [3.63, 3.8) is 0 Å². The zero-order valence-electron chi connectivity index (χ0n) is 8.53. The number of hydrogen-bond acceptors (Lipinski definition) is 3. The molecule has 2 rings (SSSR count). The molecule has 1 saturated heterocycles. The highest BCUT2D eigenvalue weighted by Gasteiger charge is 2.22. The van der Waals surface area contributed by atoms with E-state index >= 15 is 0 Å². The molecule has 1 aromatic carbocycles. The number of carboxylic acid groups (broad SMARTS) is 1. The number of carbonyl (C=O) groups is 1. The van der Waals surface area contributed by atoms with Crippen molar-refractivity contribution in [3.05, 3.63) is 29.1 Å². The molecule has 5 heteroatoms. The summed E-state index contributed by atoms with van der Waals surface area (Å²) < 4.78 is 13.2. The molecule has 0 unspecified atom stereocenters. The van der Waals surface area contributed by atoms with Crippen LogP contribution >= 0.6 is 0 Å². The van der Waals surface area contributed by atoms with Gasteiger partial charge in [0.1, 0.15) is 11.6 Å². The highest BCUT2D eigenvalue weighted by Crippen LogP contribution is 2.32. The summed E-state index contributed by atoms with van der Waals surface area (Å²) in [4.78, 5) is 10.8. The number of hydrogen-bond donors (Lipinski definition) is 3. The third kappa shape index (κ3) is 1.86. The molecule has 0 bridgehead atoms. The Morgan fingerprint density at radius 2 is 2.25 bits per heavy atom. The first-order chi connectivity index (χ1) is 7.59. The van der Waals surface area contributed by atoms with E-state index in [1.807, 2.05) is 0 Å². The van der Waals surface area contributed by atoms with E-state index in [1.54, 1.807) is 0 Å². The standard InChI is InChI=1S/C11H12FNO3/c12-8-5-10(14)7(4-6(8)11(15)16)9-2-1-3-13-9/h4-5,9,13-14H,1-3H2,(H,15,16)/t9-/m1/s1. The molecule has 86 valence electrons. The van der Waals surface area contributed by atoms with Gasteiger partial charge in [-0.1, -0.05) is 0 Å². The number of rotatable bonds is 2. The van der Waals surface area contributed by atoms with Gasteiger partial charge in [-0.3, -0.25) is 0 Å². The molecule has 3 N–H and O–H groups in total. The number of benzene rings is 1. The number of aromatic hydroxyl groups is 1. The van der Waals surface area contributed by atoms with Gasteiger partial charge in [-0.05, 0) is 25.5 Å². The minimum absolute atomic E-state index is 0.0845. The summed E-state index contributed by atoms with van der Waals surface area (Å²) in [6, 6.07) is 1.98. The molecule has 0 radical (unpaired) electrons. The Labute approximate surface area is 91.7 Å². The van der Waals surface area contributed by atoms with Gasteiger partial charge in [-0.15, -0.1) is 0 Å². The van der Waals surface area contributed by atoms with E-state index in [1.165, 1.54) is 6.07 Å². The number of aromatic carboxylic acids is 1. The zero-order chi connectivity index (χ0) is 11.7. The second-order valence-corrected chi connectivity index (χ2v) is 3.84. The van der Waals surface area contributed by atoms with Crippen LogP contribution in [0.2, 0.25) is 0 Å². The lowest BCUT2D eigenvalue weighted by Crippen LogP contribution is -2.14. The van der Waals surface area contributed by atoms with Crippen LogP contribution < -0.4 is 5.32 Å². The summed E-state index contributed by atoms with van der Waals surface area (Å²) in [5.74, 6) is -2.43. The lowest BCUT2D eigenvalue weighted by molar-refractivity contribution is 0.0691. The molecule has 0 aliphatic carbocycles. The van der Waals surface area contributed by atoms with E-state index in [2.05, 4.69) is 5.32 Å². The average Bonchev–Trinajstić information content (AvgIpc) is 2.70. The van der Waals surface area contributed by atoms with E-state index in [-0.39, 0.29) is 11.8 Å². The monoisotopic (exact) mass is 225 g/mol. The van der Waals surface area contributed by atoms with Crippen molar-refractivity contribution < 1.29 is 19.4 Å². The first-order valence-corrected chi connectivity index (χ1v) is 5.08. The van der Waals surface area contributed by atoms with Crippen LogP contribution in [0.25, 0.3) is 0 Å². The molecule has 16 heavy (non-hydrogen) atoms. The molecular weight excluding hydrogens is 213 g/mol. The zero-order valence-corrected chi connectivity index (χ0v) is 8.53. The van der Waals surface area contributed by atoms with Gasteiger partial charge in [0.05, 0.1) is 5.56 Å². The number of phenols is 1. The van der Waals surface area contributed by atoms with E-state index < -0.39 is 17.3 Å². The van der Waals surface area contributed by atoms with Crippen molar-refractivity contribution in [1.82, 2.24) is 5.32 Å². The summed E-state index contributed by atoms with van der Waals surface area (Å²) in [6.45, 7) is 0.823. The molecule has 1 heterocycles. The Morgan fingerprint density at radius 3 is 2.81 bits per heavy atom. The fourth-order valence-corrected chi connectivity index (χ4v) is 1.97. The van der Waals surface area contributed by atoms with Gasteiger partial charge in [0.15, 0.2) is 0 Å². The maximum absolute atomic E-state index is 13.2. The Hall–Kier alpha value is -1.62. The molecule has 4 nitrogen and oxygen atoms in total. The lowest BCUT2D eigenvalue weighted by atomic mass is 10.0. The third-order valence-electron chi connectivity index (χ3n) is 2.78. The van der Waals surface area contributed by atoms with Gasteiger partial charge in [0.2, 0.25) is 0 Å². The highest BCUT2D eigenvalue weighted by molar-refractivity contribution is 5.88. The first kappa shape index (κ1) is 10.9. The van der Waals surface area contributed by atoms with Gasteiger partial charge in [-0.2, -0.15) is 0 Å². The van der Waals surface area contributed by atoms with Gasteiger partial charge in [-0.25, -0.2) is 9.18 Å². The average molecular weight is 225 g/mol. The quantitative estimate of drug-likeness (QED) is 0.715. The molecule has 1 atom stereocenters. The van der Waals surface area contributed by atoms with Crippen molar-refractivity contribution in [2.45, 2.75) is 18.9 Å². The highest BCUT2D eigenvalue weighted by atomic mass is 19.1. The van der Waals surface area contributed by atoms with Crippen LogP contribution in [0.5, 0.6) is 5.75 Å². The molecule has 1 aliphatic rings. The van der Waals surface area contributed by atoms with Gasteiger partial charge in [0.25, 0.3) is 0 Å². The van der Waals surface area contributed by atoms with Crippen LogP contribution in [0.1, 0.15) is 34.8 Å². The Morgan fingerprint density at radius 1 is 1.50 bits per heavy atom. The lowest BCUT2D eigenvalue weighted by Gasteiger charge is -2.13. The van der Waals surface area contributed by atoms with Crippen molar-refractivity contribution in [2.75, 3.05) is 6.54 Å². The predicted octanol–water partition coefficient (Wildman–Crippen LogP) is 1.65. The molecule has 0 aromatic heterocycles. The van der Waals surface area contributed by atoms with Crippen LogP contribution in [0.4, 0.5) is 4.39 Å². The summed E-state index contributed by atoms with van der Waals surface area (Å²) in [7, 11) is 0. The second-order valence-electron chi connectivity index (χ2n) is 3.84. The van der Waals surface area contributed by atoms with Crippen LogP contribution in [-0.4, -0.2) is 22.7 Å². The van der Waals surface area contributed by atoms with Crippen molar-refractivity contribution in [1.29, 1.82) is 0 Å². The third-order valence-corrected chi connectivity index (χ3v) is 2.78. The van der Waals surface area contributed by atoms with Crippen LogP contribution in [0.3, 0.4) is 0 Å². The summed E-state index contributed by atoms with van der Waals surface area (Å²) in [6.07, 6.45) is 1.78. The number of phenolic OH excluding ortho intramolecular Hbond substituents is 1. The number of carboxylic acids is 1. The van der Waals surface area contributed by atoms with E-state index in [4.69, 9.17) is 5.11 Å². The largest absolute Gasteiger partial charge is 0.508 e. The molecular formula is C11H12FNO3. The maximum Gasteiger partial charge on any atom is 0.338 e. The van der Waals surface area contributed by atoms with Crippen molar-refractivity contribution in [3.8, 4) is 5.75 Å². The van der Waals surface area contributed by atoms with E-state index in [9.17, 15) is 14.3 Å². The minimum atomic E-state index is -1.32. The van der Waals surface area contributed by atoms with E-state index in [0.29, 0.717) is 5.56 Å². The molecule has 1 fully saturated rings. The van der Waals surface area contributed by atoms with Crippen LogP contribution in [0, 0.1) is 5.82 Å². The summed E-state index contributed by atoms with van der Waals surface area (Å²) in [5.41, 5.74) is 0.0535. The SMILES string of the molecule is O=C(O)c1cc([C@H]2CCCN2)c(O)cc1F. The fourth-order valence-electron chi connectivity index (χ4n) is 1.97.